The van der Waals surface area contributed by atoms with E-state index >= 15 is 0 Å². The van der Waals surface area contributed by atoms with Crippen LogP contribution < -0.4 is 37.1 Å². The first-order valence-electron chi connectivity index (χ1n) is 12.5. The molecular formula is C24H37N9O2S. The topological polar surface area (TPSA) is 167 Å². The molecule has 0 saturated carbocycles. The van der Waals surface area contributed by atoms with Gasteiger partial charge in [0.25, 0.3) is 0 Å². The summed E-state index contributed by atoms with van der Waals surface area (Å²) >= 11 is 1.44. The third-order valence-electron chi connectivity index (χ3n) is 6.88. The summed E-state index contributed by atoms with van der Waals surface area (Å²) in [7, 11) is 1.94. The first-order chi connectivity index (χ1) is 17.3. The summed E-state index contributed by atoms with van der Waals surface area (Å²) in [5, 5.41) is 18.5. The quantitative estimate of drug-likeness (QED) is 0.155. The highest BCUT2D eigenvalue weighted by molar-refractivity contribution is 7.16. The lowest BCUT2D eigenvalue weighted by atomic mass is 9.83. The van der Waals surface area contributed by atoms with Crippen LogP contribution in [0.2, 0.25) is 0 Å². The Morgan fingerprint density at radius 1 is 1.28 bits per heavy atom. The Labute approximate surface area is 215 Å². The molecule has 8 N–H and O–H groups in total. The van der Waals surface area contributed by atoms with E-state index in [0.29, 0.717) is 35.2 Å². The van der Waals surface area contributed by atoms with Crippen LogP contribution in [0.1, 0.15) is 48.7 Å². The SMILES string of the molecule is CNCCCCCOc1nc(C(=N)NC(=O)C2(C)CCc3sc(N)c(N)c32)cc(N2CCNCC2)n1. The number of anilines is 3. The van der Waals surface area contributed by atoms with Crippen LogP contribution in [-0.4, -0.2) is 68.1 Å². The molecule has 0 aromatic carbocycles. The van der Waals surface area contributed by atoms with Gasteiger partial charge in [0.05, 0.1) is 17.7 Å². The van der Waals surface area contributed by atoms with Gasteiger partial charge >= 0.3 is 6.01 Å². The van der Waals surface area contributed by atoms with Crippen LogP contribution in [-0.2, 0) is 16.6 Å². The number of nitrogen functional groups attached to an aromatic ring is 2. The highest BCUT2D eigenvalue weighted by Gasteiger charge is 2.45. The summed E-state index contributed by atoms with van der Waals surface area (Å²) in [5.74, 6) is 0.314. The van der Waals surface area contributed by atoms with Crippen molar-refractivity contribution in [2.75, 3.05) is 62.7 Å². The Kier molecular flexibility index (Phi) is 8.27. The first-order valence-corrected chi connectivity index (χ1v) is 13.3. The van der Waals surface area contributed by atoms with Crippen molar-refractivity contribution in [2.45, 2.75) is 44.4 Å². The summed E-state index contributed by atoms with van der Waals surface area (Å²) in [6, 6.07) is 1.96. The summed E-state index contributed by atoms with van der Waals surface area (Å²) in [4.78, 5) is 25.6. The molecule has 2 aromatic heterocycles. The number of carbonyl (C=O) groups excluding carboxylic acids is 1. The smallest absolute Gasteiger partial charge is 0.319 e. The standard InChI is InChI=1S/C24H37N9O2S/c1-24(7-6-16-18(24)19(25)21(27)36-16)22(34)32-20(26)15-14-17(33-11-9-29-10-12-33)31-23(30-15)35-13-5-3-4-8-28-2/h14,28-29H,3-13,25,27H2,1-2H3,(H2,26,32,34). The lowest BCUT2D eigenvalue weighted by Crippen LogP contribution is -2.45. The molecule has 196 valence electrons. The molecular weight excluding hydrogens is 478 g/mol. The number of thiophene rings is 1. The molecule has 1 amide bonds. The number of rotatable bonds is 10. The average Bonchev–Trinajstić information content (AvgIpc) is 3.37. The van der Waals surface area contributed by atoms with Gasteiger partial charge in [-0.05, 0) is 52.6 Å². The number of amidine groups is 1. The minimum atomic E-state index is -0.846. The summed E-state index contributed by atoms with van der Waals surface area (Å²) < 4.78 is 5.87. The maximum Gasteiger partial charge on any atom is 0.319 e. The van der Waals surface area contributed by atoms with Gasteiger partial charge in [0, 0.05) is 42.7 Å². The van der Waals surface area contributed by atoms with Crippen LogP contribution in [0.15, 0.2) is 6.07 Å². The van der Waals surface area contributed by atoms with Gasteiger partial charge in [-0.3, -0.25) is 10.2 Å². The number of aryl methyl sites for hydroxylation is 1. The number of hydrogen-bond donors (Lipinski definition) is 6. The average molecular weight is 516 g/mol. The molecule has 1 atom stereocenters. The maximum absolute atomic E-state index is 13.4. The molecule has 12 heteroatoms. The Morgan fingerprint density at radius 2 is 2.06 bits per heavy atom. The van der Waals surface area contributed by atoms with Gasteiger partial charge in [-0.15, -0.1) is 11.3 Å². The Hall–Kier alpha value is -2.96. The number of unbranched alkanes of at least 4 members (excludes halogenated alkanes) is 2. The van der Waals surface area contributed by atoms with Crippen molar-refractivity contribution in [3.63, 3.8) is 0 Å². The van der Waals surface area contributed by atoms with Crippen molar-refractivity contribution in [1.82, 2.24) is 25.9 Å². The molecule has 11 nitrogen and oxygen atoms in total. The minimum absolute atomic E-state index is 0.0888. The Bertz CT molecular complexity index is 1100. The number of piperazine rings is 1. The predicted molar refractivity (Wildman–Crippen MR) is 144 cm³/mol. The molecule has 0 spiro atoms. The zero-order valence-electron chi connectivity index (χ0n) is 21.1. The number of nitrogens with two attached hydrogens (primary N) is 2. The van der Waals surface area contributed by atoms with Crippen LogP contribution in [0.25, 0.3) is 0 Å². The van der Waals surface area contributed by atoms with Gasteiger partial charge in [0.1, 0.15) is 16.5 Å². The fourth-order valence-electron chi connectivity index (χ4n) is 4.73. The summed E-state index contributed by atoms with van der Waals surface area (Å²) in [5.41, 5.74) is 13.0. The summed E-state index contributed by atoms with van der Waals surface area (Å²) in [6.45, 7) is 6.60. The van der Waals surface area contributed by atoms with E-state index in [-0.39, 0.29) is 17.8 Å². The van der Waals surface area contributed by atoms with Crippen molar-refractivity contribution in [2.24, 2.45) is 0 Å². The van der Waals surface area contributed by atoms with E-state index in [9.17, 15) is 4.79 Å². The second-order valence-electron chi connectivity index (χ2n) is 9.48. The third kappa shape index (κ3) is 5.55. The molecule has 1 aliphatic heterocycles. The molecule has 2 aromatic rings. The van der Waals surface area contributed by atoms with E-state index in [4.69, 9.17) is 21.6 Å². The van der Waals surface area contributed by atoms with E-state index in [0.717, 1.165) is 68.8 Å². The van der Waals surface area contributed by atoms with E-state index in [1.807, 2.05) is 14.0 Å². The number of nitrogens with zero attached hydrogens (tertiary/aromatic N) is 3. The molecule has 1 fully saturated rings. The van der Waals surface area contributed by atoms with Crippen LogP contribution in [0, 0.1) is 5.41 Å². The fraction of sp³-hybridized carbons (Fsp3) is 0.583. The molecule has 0 bridgehead atoms. The van der Waals surface area contributed by atoms with Gasteiger partial charge in [-0.2, -0.15) is 9.97 Å². The largest absolute Gasteiger partial charge is 0.463 e. The second kappa shape index (κ2) is 11.4. The van der Waals surface area contributed by atoms with Crippen LogP contribution in [0.5, 0.6) is 6.01 Å². The van der Waals surface area contributed by atoms with E-state index in [2.05, 4.69) is 30.8 Å². The lowest BCUT2D eigenvalue weighted by molar-refractivity contribution is -0.124. The molecule has 4 rings (SSSR count). The van der Waals surface area contributed by atoms with Gasteiger partial charge in [-0.1, -0.05) is 0 Å². The van der Waals surface area contributed by atoms with Crippen molar-refractivity contribution in [3.05, 3.63) is 22.2 Å². The monoisotopic (exact) mass is 515 g/mol. The predicted octanol–water partition coefficient (Wildman–Crippen LogP) is 1.23. The Morgan fingerprint density at radius 3 is 2.81 bits per heavy atom. The minimum Gasteiger partial charge on any atom is -0.463 e. The van der Waals surface area contributed by atoms with Gasteiger partial charge in [0.15, 0.2) is 5.84 Å². The van der Waals surface area contributed by atoms with Crippen LogP contribution >= 0.6 is 11.3 Å². The Balaban J connectivity index is 1.50. The second-order valence-corrected chi connectivity index (χ2v) is 10.6. The number of carbonyl (C=O) groups is 1. The van der Waals surface area contributed by atoms with Crippen molar-refractivity contribution < 1.29 is 9.53 Å². The number of nitrogens with one attached hydrogen (secondary N) is 4. The zero-order chi connectivity index (χ0) is 25.7. The molecule has 0 radical (unpaired) electrons. The normalized spacial score (nSPS) is 19.2. The van der Waals surface area contributed by atoms with Gasteiger partial charge < -0.3 is 37.1 Å². The molecule has 1 aliphatic carbocycles. The van der Waals surface area contributed by atoms with Crippen molar-refractivity contribution in [1.29, 1.82) is 5.41 Å². The highest BCUT2D eigenvalue weighted by Crippen LogP contribution is 2.49. The first kappa shape index (κ1) is 26.1. The summed E-state index contributed by atoms with van der Waals surface area (Å²) in [6.07, 6.45) is 4.36. The van der Waals surface area contributed by atoms with E-state index in [1.165, 1.54) is 11.3 Å². The zero-order valence-corrected chi connectivity index (χ0v) is 21.9. The number of hydrogen-bond acceptors (Lipinski definition) is 11. The molecule has 3 heterocycles. The van der Waals surface area contributed by atoms with Gasteiger partial charge in [-0.25, -0.2) is 0 Å². The number of amides is 1. The highest BCUT2D eigenvalue weighted by atomic mass is 32.1. The number of fused-ring (bicyclic) bond motifs is 1. The van der Waals surface area contributed by atoms with E-state index in [1.54, 1.807) is 6.07 Å². The number of aromatic nitrogens is 2. The molecule has 2 aliphatic rings. The maximum atomic E-state index is 13.4. The van der Waals surface area contributed by atoms with Crippen LogP contribution in [0.3, 0.4) is 0 Å². The van der Waals surface area contributed by atoms with Crippen molar-refractivity contribution >= 4 is 39.6 Å². The van der Waals surface area contributed by atoms with Crippen molar-refractivity contribution in [3.8, 4) is 6.01 Å². The molecule has 36 heavy (non-hydrogen) atoms. The molecule has 1 saturated heterocycles. The lowest BCUT2D eigenvalue weighted by Gasteiger charge is -2.29. The van der Waals surface area contributed by atoms with Gasteiger partial charge in [0.2, 0.25) is 5.91 Å². The van der Waals surface area contributed by atoms with Crippen LogP contribution in [0.4, 0.5) is 16.5 Å². The third-order valence-corrected chi connectivity index (χ3v) is 7.98. The fourth-order valence-corrected chi connectivity index (χ4v) is 5.85. The van der Waals surface area contributed by atoms with E-state index < -0.39 is 5.41 Å². The molecule has 1 unspecified atom stereocenters. The number of ether oxygens (including phenoxy) is 1.